The van der Waals surface area contributed by atoms with E-state index < -0.39 is 23.9 Å². The van der Waals surface area contributed by atoms with Gasteiger partial charge in [-0.05, 0) is 31.7 Å². The average molecular weight is 316 g/mol. The topological polar surface area (TPSA) is 66.9 Å². The molecule has 0 saturated carbocycles. The first-order valence-electron chi connectivity index (χ1n) is 7.95. The van der Waals surface area contributed by atoms with Gasteiger partial charge in [-0.1, -0.05) is 30.3 Å². The van der Waals surface area contributed by atoms with Crippen LogP contribution in [0.5, 0.6) is 0 Å². The molecule has 0 N–H and O–H groups in total. The molecule has 6 nitrogen and oxygen atoms in total. The molecule has 0 aliphatic carbocycles. The Morgan fingerprint density at radius 2 is 1.87 bits per heavy atom. The number of imide groups is 2. The highest BCUT2D eigenvalue weighted by atomic mass is 16.5. The molecule has 4 amide bonds. The Bertz CT molecular complexity index is 610. The highest BCUT2D eigenvalue weighted by Gasteiger charge is 2.47. The molecule has 0 spiro atoms. The van der Waals surface area contributed by atoms with Crippen molar-refractivity contribution in [3.63, 3.8) is 0 Å². The lowest BCUT2D eigenvalue weighted by molar-refractivity contribution is -0.144. The number of carbonyl (C=O) groups excluding carboxylic acids is 3. The van der Waals surface area contributed by atoms with Gasteiger partial charge < -0.3 is 4.74 Å². The molecule has 1 aromatic carbocycles. The Morgan fingerprint density at radius 3 is 2.52 bits per heavy atom. The van der Waals surface area contributed by atoms with Gasteiger partial charge in [-0.25, -0.2) is 9.69 Å². The van der Waals surface area contributed by atoms with Crippen LogP contribution in [-0.4, -0.2) is 46.9 Å². The zero-order chi connectivity index (χ0) is 16.4. The van der Waals surface area contributed by atoms with E-state index in [0.29, 0.717) is 6.61 Å². The number of nitrogens with zero attached hydrogens (tertiary/aromatic N) is 2. The van der Waals surface area contributed by atoms with Crippen molar-refractivity contribution >= 4 is 17.8 Å². The van der Waals surface area contributed by atoms with Gasteiger partial charge in [0.05, 0.1) is 18.7 Å². The second kappa shape index (κ2) is 6.50. The summed E-state index contributed by atoms with van der Waals surface area (Å²) in [6, 6.07) is 8.19. The number of benzene rings is 1. The molecule has 0 radical (unpaired) electrons. The van der Waals surface area contributed by atoms with E-state index in [1.807, 2.05) is 30.3 Å². The van der Waals surface area contributed by atoms with Crippen molar-refractivity contribution in [1.82, 2.24) is 9.80 Å². The van der Waals surface area contributed by atoms with E-state index in [1.165, 1.54) is 0 Å². The molecule has 23 heavy (non-hydrogen) atoms. The van der Waals surface area contributed by atoms with Crippen LogP contribution < -0.4 is 0 Å². The Labute approximate surface area is 135 Å². The van der Waals surface area contributed by atoms with Crippen LogP contribution in [0.4, 0.5) is 4.79 Å². The predicted molar refractivity (Wildman–Crippen MR) is 82.4 cm³/mol. The standard InChI is InChI=1S/C17H20N2O4/c1-12(13-7-3-2-4-8-13)19-16(21)15(20)18(17(19)22)11-14-9-5-6-10-23-14/h2-4,7-8,12,14H,5-6,9-11H2,1H3/t12-,14+/m1/s1. The Morgan fingerprint density at radius 1 is 1.13 bits per heavy atom. The normalized spacial score (nSPS) is 23.5. The smallest absolute Gasteiger partial charge is 0.334 e. The van der Waals surface area contributed by atoms with E-state index in [1.54, 1.807) is 6.92 Å². The number of ether oxygens (including phenoxy) is 1. The van der Waals surface area contributed by atoms with Gasteiger partial charge in [0.15, 0.2) is 0 Å². The van der Waals surface area contributed by atoms with Crippen molar-refractivity contribution < 1.29 is 19.1 Å². The molecule has 6 heteroatoms. The SMILES string of the molecule is C[C@H](c1ccccc1)N1C(=O)C(=O)N(C[C@@H]2CCCCO2)C1=O. The molecule has 1 aromatic rings. The number of hydrogen-bond donors (Lipinski definition) is 0. The lowest BCUT2D eigenvalue weighted by Crippen LogP contribution is -2.41. The third kappa shape index (κ3) is 2.99. The quantitative estimate of drug-likeness (QED) is 0.630. The van der Waals surface area contributed by atoms with Crippen LogP contribution in [0.3, 0.4) is 0 Å². The first-order chi connectivity index (χ1) is 11.1. The van der Waals surface area contributed by atoms with Gasteiger partial charge >= 0.3 is 17.8 Å². The summed E-state index contributed by atoms with van der Waals surface area (Å²) in [7, 11) is 0. The van der Waals surface area contributed by atoms with E-state index in [2.05, 4.69) is 0 Å². The Kier molecular flexibility index (Phi) is 4.43. The van der Waals surface area contributed by atoms with Crippen molar-refractivity contribution in [3.05, 3.63) is 35.9 Å². The van der Waals surface area contributed by atoms with Crippen molar-refractivity contribution in [2.24, 2.45) is 0 Å². The van der Waals surface area contributed by atoms with Gasteiger partial charge in [-0.3, -0.25) is 14.5 Å². The fourth-order valence-electron chi connectivity index (χ4n) is 3.06. The van der Waals surface area contributed by atoms with E-state index in [9.17, 15) is 14.4 Å². The van der Waals surface area contributed by atoms with Crippen LogP contribution >= 0.6 is 0 Å². The molecule has 2 fully saturated rings. The van der Waals surface area contributed by atoms with Crippen LogP contribution in [0.15, 0.2) is 30.3 Å². The molecule has 3 rings (SSSR count). The van der Waals surface area contributed by atoms with Crippen LogP contribution in [0, 0.1) is 0 Å². The first-order valence-corrected chi connectivity index (χ1v) is 7.95. The van der Waals surface area contributed by atoms with Crippen LogP contribution in [0.1, 0.15) is 37.8 Å². The fourth-order valence-corrected chi connectivity index (χ4v) is 3.06. The minimum atomic E-state index is -0.762. The number of amides is 4. The molecule has 2 saturated heterocycles. The molecular formula is C17H20N2O4. The van der Waals surface area contributed by atoms with Gasteiger partial charge in [0.1, 0.15) is 0 Å². The van der Waals surface area contributed by atoms with E-state index in [4.69, 9.17) is 4.74 Å². The molecule has 0 bridgehead atoms. The monoisotopic (exact) mass is 316 g/mol. The summed E-state index contributed by atoms with van der Waals surface area (Å²) in [6.45, 7) is 2.54. The van der Waals surface area contributed by atoms with E-state index in [0.717, 1.165) is 34.6 Å². The van der Waals surface area contributed by atoms with Crippen molar-refractivity contribution in [2.45, 2.75) is 38.3 Å². The Hall–Kier alpha value is -2.21. The van der Waals surface area contributed by atoms with Crippen LogP contribution in [0.2, 0.25) is 0 Å². The zero-order valence-corrected chi connectivity index (χ0v) is 13.1. The largest absolute Gasteiger partial charge is 0.376 e. The summed E-state index contributed by atoms with van der Waals surface area (Å²) in [5.74, 6) is -1.52. The minimum Gasteiger partial charge on any atom is -0.376 e. The van der Waals surface area contributed by atoms with Gasteiger partial charge in [0.25, 0.3) is 0 Å². The van der Waals surface area contributed by atoms with E-state index >= 15 is 0 Å². The van der Waals surface area contributed by atoms with Gasteiger partial charge in [0, 0.05) is 6.61 Å². The summed E-state index contributed by atoms with van der Waals surface area (Å²) >= 11 is 0. The van der Waals surface area contributed by atoms with Crippen molar-refractivity contribution in [2.75, 3.05) is 13.2 Å². The third-order valence-corrected chi connectivity index (χ3v) is 4.41. The van der Waals surface area contributed by atoms with Crippen LogP contribution in [-0.2, 0) is 14.3 Å². The molecular weight excluding hydrogens is 296 g/mol. The van der Waals surface area contributed by atoms with Gasteiger partial charge in [-0.2, -0.15) is 0 Å². The first kappa shape index (κ1) is 15.7. The van der Waals surface area contributed by atoms with Crippen molar-refractivity contribution in [3.8, 4) is 0 Å². The molecule has 0 aromatic heterocycles. The van der Waals surface area contributed by atoms with Gasteiger partial charge in [-0.15, -0.1) is 0 Å². The molecule has 2 aliphatic heterocycles. The van der Waals surface area contributed by atoms with E-state index in [-0.39, 0.29) is 12.6 Å². The maximum absolute atomic E-state index is 12.6. The van der Waals surface area contributed by atoms with Gasteiger partial charge in [0.2, 0.25) is 0 Å². The summed E-state index contributed by atoms with van der Waals surface area (Å²) in [5, 5.41) is 0. The number of carbonyl (C=O) groups is 3. The highest BCUT2D eigenvalue weighted by Crippen LogP contribution is 2.27. The van der Waals surface area contributed by atoms with Crippen LogP contribution in [0.25, 0.3) is 0 Å². The molecule has 2 atom stereocenters. The summed E-state index contributed by atoms with van der Waals surface area (Å²) in [5.41, 5.74) is 0.817. The molecule has 2 heterocycles. The predicted octanol–water partition coefficient (Wildman–Crippen LogP) is 2.11. The maximum atomic E-state index is 12.6. The third-order valence-electron chi connectivity index (χ3n) is 4.41. The molecule has 122 valence electrons. The second-order valence-electron chi connectivity index (χ2n) is 5.95. The second-order valence-corrected chi connectivity index (χ2v) is 5.95. The molecule has 2 aliphatic rings. The summed E-state index contributed by atoms with van der Waals surface area (Å²) < 4.78 is 5.58. The Balaban J connectivity index is 1.76. The zero-order valence-electron chi connectivity index (χ0n) is 13.1. The summed E-state index contributed by atoms with van der Waals surface area (Å²) in [4.78, 5) is 39.1. The lowest BCUT2D eigenvalue weighted by Gasteiger charge is -2.26. The van der Waals surface area contributed by atoms with Crippen molar-refractivity contribution in [1.29, 1.82) is 0 Å². The average Bonchev–Trinajstić information content (AvgIpc) is 2.80. The lowest BCUT2D eigenvalue weighted by atomic mass is 10.1. The number of hydrogen-bond acceptors (Lipinski definition) is 4. The highest BCUT2D eigenvalue weighted by molar-refractivity contribution is 6.44. The molecule has 0 unspecified atom stereocenters. The number of rotatable bonds is 4. The minimum absolute atomic E-state index is 0.154. The fraction of sp³-hybridized carbons (Fsp3) is 0.471. The summed E-state index contributed by atoms with van der Waals surface area (Å²) in [6.07, 6.45) is 2.64. The maximum Gasteiger partial charge on any atom is 0.334 e. The number of urea groups is 1.